The van der Waals surface area contributed by atoms with Crippen LogP contribution in [-0.4, -0.2) is 24.0 Å². The van der Waals surface area contributed by atoms with E-state index in [1.54, 1.807) is 12.3 Å². The molecule has 0 radical (unpaired) electrons. The number of anilines is 2. The number of primary amides is 1. The lowest BCUT2D eigenvalue weighted by Crippen LogP contribution is -2.35. The lowest BCUT2D eigenvalue weighted by Gasteiger charge is -2.23. The van der Waals surface area contributed by atoms with E-state index >= 15 is 0 Å². The van der Waals surface area contributed by atoms with Crippen LogP contribution in [0.3, 0.4) is 0 Å². The number of hydrogen-bond acceptors (Lipinski definition) is 4. The summed E-state index contributed by atoms with van der Waals surface area (Å²) in [5.41, 5.74) is 11.4. The Morgan fingerprint density at radius 1 is 1.59 bits per heavy atom. The van der Waals surface area contributed by atoms with E-state index in [4.69, 9.17) is 11.5 Å². The van der Waals surface area contributed by atoms with Gasteiger partial charge in [-0.2, -0.15) is 0 Å². The van der Waals surface area contributed by atoms with Crippen LogP contribution in [0.4, 0.5) is 11.5 Å². The molecule has 0 aliphatic heterocycles. The van der Waals surface area contributed by atoms with E-state index in [2.05, 4.69) is 27.8 Å². The Bertz CT molecular complexity index is 397. The highest BCUT2D eigenvalue weighted by atomic mass is 79.9. The van der Waals surface area contributed by atoms with Gasteiger partial charge in [-0.15, -0.1) is 0 Å². The van der Waals surface area contributed by atoms with Crippen molar-refractivity contribution in [1.29, 1.82) is 0 Å². The van der Waals surface area contributed by atoms with Gasteiger partial charge in [0.05, 0.1) is 22.9 Å². The zero-order valence-corrected chi connectivity index (χ0v) is 11.4. The number of carbonyl (C=O) groups is 1. The molecule has 1 heterocycles. The lowest BCUT2D eigenvalue weighted by atomic mass is 10.3. The van der Waals surface area contributed by atoms with Crippen molar-refractivity contribution in [3.05, 3.63) is 16.7 Å². The van der Waals surface area contributed by atoms with Crippen molar-refractivity contribution in [1.82, 2.24) is 4.98 Å². The van der Waals surface area contributed by atoms with Gasteiger partial charge in [0.2, 0.25) is 5.91 Å². The number of unbranched alkanes of at least 4 members (excludes halogenated alkanes) is 1. The fraction of sp³-hybridized carbons (Fsp3) is 0.455. The minimum Gasteiger partial charge on any atom is -0.397 e. The molecule has 0 fully saturated rings. The maximum atomic E-state index is 11.0. The number of rotatable bonds is 6. The maximum Gasteiger partial charge on any atom is 0.236 e. The van der Waals surface area contributed by atoms with Crippen molar-refractivity contribution in [3.63, 3.8) is 0 Å². The molecule has 5 nitrogen and oxygen atoms in total. The first kappa shape index (κ1) is 13.8. The lowest BCUT2D eigenvalue weighted by molar-refractivity contribution is -0.116. The predicted octanol–water partition coefficient (Wildman–Crippen LogP) is 1.52. The summed E-state index contributed by atoms with van der Waals surface area (Å²) in [5.74, 6) is 0.332. The van der Waals surface area contributed by atoms with Gasteiger partial charge >= 0.3 is 0 Å². The molecule has 1 aromatic rings. The van der Waals surface area contributed by atoms with Crippen LogP contribution >= 0.6 is 15.9 Å². The standard InChI is InChI=1S/C11H17BrN4O/c1-2-3-4-16(7-10(14)17)11-9(12)5-8(13)6-15-11/h5-6H,2-4,7,13H2,1H3,(H2,14,17). The van der Waals surface area contributed by atoms with Gasteiger partial charge in [-0.3, -0.25) is 4.79 Å². The highest BCUT2D eigenvalue weighted by Gasteiger charge is 2.13. The van der Waals surface area contributed by atoms with E-state index in [1.807, 2.05) is 4.90 Å². The minimum atomic E-state index is -0.369. The molecule has 1 rings (SSSR count). The van der Waals surface area contributed by atoms with Gasteiger partial charge in [0.1, 0.15) is 5.82 Å². The number of amides is 1. The first-order chi connectivity index (χ1) is 8.04. The third-order valence-electron chi connectivity index (χ3n) is 2.27. The average Bonchev–Trinajstić information content (AvgIpc) is 2.24. The Balaban J connectivity index is 2.90. The molecule has 0 bridgehead atoms. The number of halogens is 1. The Morgan fingerprint density at radius 3 is 2.82 bits per heavy atom. The number of nitrogen functional groups attached to an aromatic ring is 1. The molecular formula is C11H17BrN4O. The second kappa shape index (κ2) is 6.44. The van der Waals surface area contributed by atoms with Gasteiger partial charge in [-0.1, -0.05) is 13.3 Å². The fourth-order valence-corrected chi connectivity index (χ4v) is 2.09. The Labute approximate surface area is 109 Å². The molecule has 94 valence electrons. The molecule has 1 amide bonds. The molecule has 6 heteroatoms. The van der Waals surface area contributed by atoms with E-state index in [0.717, 1.165) is 23.9 Å². The number of hydrogen-bond donors (Lipinski definition) is 2. The van der Waals surface area contributed by atoms with Crippen molar-refractivity contribution in [2.75, 3.05) is 23.7 Å². The first-order valence-corrected chi connectivity index (χ1v) is 6.28. The second-order valence-corrected chi connectivity index (χ2v) is 4.67. The second-order valence-electron chi connectivity index (χ2n) is 3.82. The van der Waals surface area contributed by atoms with Crippen LogP contribution in [0.1, 0.15) is 19.8 Å². The number of nitrogens with two attached hydrogens (primary N) is 2. The fourth-order valence-electron chi connectivity index (χ4n) is 1.48. The Morgan fingerprint density at radius 2 is 2.29 bits per heavy atom. The zero-order valence-electron chi connectivity index (χ0n) is 9.82. The number of carbonyl (C=O) groups excluding carboxylic acids is 1. The highest BCUT2D eigenvalue weighted by Crippen LogP contribution is 2.25. The predicted molar refractivity (Wildman–Crippen MR) is 72.7 cm³/mol. The summed E-state index contributed by atoms with van der Waals surface area (Å²) in [5, 5.41) is 0. The van der Waals surface area contributed by atoms with Gasteiger partial charge in [0.25, 0.3) is 0 Å². The molecule has 0 unspecified atom stereocenters. The molecule has 0 atom stereocenters. The van der Waals surface area contributed by atoms with Crippen LogP contribution in [0, 0.1) is 0 Å². The van der Waals surface area contributed by atoms with E-state index in [1.165, 1.54) is 0 Å². The largest absolute Gasteiger partial charge is 0.397 e. The molecular weight excluding hydrogens is 284 g/mol. The van der Waals surface area contributed by atoms with Gasteiger partial charge in [-0.05, 0) is 28.4 Å². The SMILES string of the molecule is CCCCN(CC(N)=O)c1ncc(N)cc1Br. The molecule has 0 aromatic carbocycles. The third-order valence-corrected chi connectivity index (χ3v) is 2.85. The molecule has 17 heavy (non-hydrogen) atoms. The van der Waals surface area contributed by atoms with Gasteiger partial charge in [0, 0.05) is 6.54 Å². The van der Waals surface area contributed by atoms with Crippen molar-refractivity contribution >= 4 is 33.3 Å². The summed E-state index contributed by atoms with van der Waals surface area (Å²) < 4.78 is 0.773. The summed E-state index contributed by atoms with van der Waals surface area (Å²) in [7, 11) is 0. The number of pyridine rings is 1. The summed E-state index contributed by atoms with van der Waals surface area (Å²) in [6.07, 6.45) is 3.59. The van der Waals surface area contributed by atoms with Crippen molar-refractivity contribution < 1.29 is 4.79 Å². The van der Waals surface area contributed by atoms with Crippen LogP contribution in [0.25, 0.3) is 0 Å². The summed E-state index contributed by atoms with van der Waals surface area (Å²) in [6, 6.07) is 1.77. The smallest absolute Gasteiger partial charge is 0.236 e. The maximum absolute atomic E-state index is 11.0. The van der Waals surface area contributed by atoms with Crippen molar-refractivity contribution in [2.24, 2.45) is 5.73 Å². The number of nitrogens with zero attached hydrogens (tertiary/aromatic N) is 2. The van der Waals surface area contributed by atoms with E-state index in [0.29, 0.717) is 11.5 Å². The molecule has 0 saturated heterocycles. The Hall–Kier alpha value is -1.30. The van der Waals surface area contributed by atoms with Crippen LogP contribution in [-0.2, 0) is 4.79 Å². The first-order valence-electron chi connectivity index (χ1n) is 5.49. The van der Waals surface area contributed by atoms with Gasteiger partial charge in [0.15, 0.2) is 0 Å². The molecule has 4 N–H and O–H groups in total. The van der Waals surface area contributed by atoms with Crippen LogP contribution in [0.2, 0.25) is 0 Å². The third kappa shape index (κ3) is 4.22. The summed E-state index contributed by atoms with van der Waals surface area (Å²) >= 11 is 3.39. The molecule has 0 saturated carbocycles. The van der Waals surface area contributed by atoms with Crippen LogP contribution in [0.15, 0.2) is 16.7 Å². The zero-order chi connectivity index (χ0) is 12.8. The normalized spacial score (nSPS) is 10.2. The van der Waals surface area contributed by atoms with Crippen molar-refractivity contribution in [3.8, 4) is 0 Å². The van der Waals surface area contributed by atoms with Crippen LogP contribution in [0.5, 0.6) is 0 Å². The summed E-state index contributed by atoms with van der Waals surface area (Å²) in [4.78, 5) is 17.1. The van der Waals surface area contributed by atoms with Gasteiger partial charge < -0.3 is 16.4 Å². The topological polar surface area (TPSA) is 85.2 Å². The minimum absolute atomic E-state index is 0.162. The molecule has 0 aliphatic rings. The highest BCUT2D eigenvalue weighted by molar-refractivity contribution is 9.10. The molecule has 0 aliphatic carbocycles. The van der Waals surface area contributed by atoms with E-state index in [9.17, 15) is 4.79 Å². The van der Waals surface area contributed by atoms with Gasteiger partial charge in [-0.25, -0.2) is 4.98 Å². The Kier molecular flexibility index (Phi) is 5.21. The van der Waals surface area contributed by atoms with Crippen molar-refractivity contribution in [2.45, 2.75) is 19.8 Å². The molecule has 1 aromatic heterocycles. The van der Waals surface area contributed by atoms with E-state index in [-0.39, 0.29) is 12.5 Å². The summed E-state index contributed by atoms with van der Waals surface area (Å²) in [6.45, 7) is 3.00. The van der Waals surface area contributed by atoms with E-state index < -0.39 is 0 Å². The quantitative estimate of drug-likeness (QED) is 0.834. The molecule has 0 spiro atoms. The average molecular weight is 301 g/mol. The monoisotopic (exact) mass is 300 g/mol. The number of aromatic nitrogens is 1. The van der Waals surface area contributed by atoms with Crippen LogP contribution < -0.4 is 16.4 Å².